The molecule has 3 aromatic heterocycles. The van der Waals surface area contributed by atoms with Gasteiger partial charge in [-0.15, -0.1) is 0 Å². The van der Waals surface area contributed by atoms with Gasteiger partial charge in [0.25, 0.3) is 0 Å². The molecule has 0 saturated carbocycles. The summed E-state index contributed by atoms with van der Waals surface area (Å²) in [6.07, 6.45) is 1.78. The van der Waals surface area contributed by atoms with Crippen molar-refractivity contribution in [2.24, 2.45) is 0 Å². The Kier molecular flexibility index (Phi) is 8.00. The van der Waals surface area contributed by atoms with Gasteiger partial charge >= 0.3 is 256 Å². The molecule has 57 heavy (non-hydrogen) atoms. The number of nitrogens with zero attached hydrogens (tertiary/aromatic N) is 4. The van der Waals surface area contributed by atoms with Crippen LogP contribution in [-0.2, 0) is 4.57 Å². The van der Waals surface area contributed by atoms with Crippen molar-refractivity contribution in [3.8, 4) is 0 Å². The van der Waals surface area contributed by atoms with Crippen molar-refractivity contribution in [3.05, 3.63) is 194 Å². The van der Waals surface area contributed by atoms with Crippen molar-refractivity contribution in [2.45, 2.75) is 0 Å². The summed E-state index contributed by atoms with van der Waals surface area (Å²) in [6.45, 7) is 0. The third-order valence-corrected chi connectivity index (χ3v) is 20.9. The quantitative estimate of drug-likeness (QED) is 0.0955. The topological polar surface area (TPSA) is 60.2 Å². The van der Waals surface area contributed by atoms with Crippen molar-refractivity contribution in [1.82, 2.24) is 19.4 Å². The van der Waals surface area contributed by atoms with Gasteiger partial charge in [-0.05, 0) is 16.8 Å². The zero-order valence-electron chi connectivity index (χ0n) is 30.5. The second-order valence-corrected chi connectivity index (χ2v) is 23.1. The van der Waals surface area contributed by atoms with Gasteiger partial charge in [0, 0.05) is 11.6 Å². The molecule has 3 heterocycles. The van der Waals surface area contributed by atoms with E-state index in [1.807, 2.05) is 66.7 Å². The molecule has 8 heteroatoms. The van der Waals surface area contributed by atoms with Crippen LogP contribution in [0.1, 0.15) is 0 Å². The maximum atomic E-state index is 16.1. The first-order valence-electron chi connectivity index (χ1n) is 18.8. The summed E-state index contributed by atoms with van der Waals surface area (Å²) in [6, 6.07) is 65.0. The van der Waals surface area contributed by atoms with E-state index in [2.05, 4.69) is 141 Å². The number of rotatable bonds is 6. The second-order valence-electron chi connectivity index (χ2n) is 14.3. The van der Waals surface area contributed by atoms with E-state index < -0.39 is 12.7 Å². The molecule has 0 amide bonds. The fourth-order valence-corrected chi connectivity index (χ4v) is 16.2. The van der Waals surface area contributed by atoms with Gasteiger partial charge in [0.05, 0.1) is 5.52 Å². The Morgan fingerprint density at radius 2 is 1.11 bits per heavy atom. The van der Waals surface area contributed by atoms with Gasteiger partial charge < -0.3 is 0 Å². The van der Waals surface area contributed by atoms with Crippen molar-refractivity contribution in [1.29, 1.82) is 0 Å². The number of pyridine rings is 1. The van der Waals surface area contributed by atoms with Crippen LogP contribution in [0.4, 0.5) is 0 Å². The van der Waals surface area contributed by atoms with Crippen molar-refractivity contribution >= 4 is 120 Å². The standard InChI is InChI=1S/C49H32N4OP2Se/c54-55(38-27-26-33-14-7-8-15-34(33)30-38,49-50-32-35-16-9-11-23-42(35)52-49)39-28-29-45-43(31-39)51-48-41-22-13-25-46(47(41)40-21-10-12-24-44(40)53(45)48)56(57,36-17-3-1-4-18-36)37-19-5-2-6-20-37/h1-32H. The van der Waals surface area contributed by atoms with E-state index in [-0.39, 0.29) is 0 Å². The number of aromatic nitrogens is 4. The van der Waals surface area contributed by atoms with Crippen LogP contribution in [0.25, 0.3) is 60.0 Å². The molecule has 0 bridgehead atoms. The molecule has 5 nitrogen and oxygen atoms in total. The van der Waals surface area contributed by atoms with Gasteiger partial charge in [-0.1, -0.05) is 48.5 Å². The van der Waals surface area contributed by atoms with E-state index in [1.54, 1.807) is 6.20 Å². The molecular formula is C49H32N4OP2Se. The first-order chi connectivity index (χ1) is 28.0. The van der Waals surface area contributed by atoms with Crippen molar-refractivity contribution < 1.29 is 4.57 Å². The minimum atomic E-state index is -3.60. The number of benzene rings is 8. The number of para-hydroxylation sites is 2. The molecule has 8 aromatic carbocycles. The van der Waals surface area contributed by atoms with Gasteiger partial charge in [-0.2, -0.15) is 0 Å². The predicted octanol–water partition coefficient (Wildman–Crippen LogP) is 8.91. The number of imidazole rings is 1. The maximum absolute atomic E-state index is 16.1. The van der Waals surface area contributed by atoms with E-state index >= 15 is 4.57 Å². The van der Waals surface area contributed by atoms with E-state index in [9.17, 15) is 0 Å². The summed E-state index contributed by atoms with van der Waals surface area (Å²) in [5.74, 6) is 0. The SMILES string of the molecule is O=P(c1ccc2ccccc2c1)(c1ccc2c(c1)nc1c3cccc(P(=[Se])(c4ccccc4)c4ccccc4)c3c3ccccc3n21)c1ncc2ccccc2n1. The third kappa shape index (κ3) is 5.26. The van der Waals surface area contributed by atoms with Crippen LogP contribution in [0.2, 0.25) is 0 Å². The van der Waals surface area contributed by atoms with Crippen LogP contribution in [0.15, 0.2) is 194 Å². The van der Waals surface area contributed by atoms with Crippen molar-refractivity contribution in [3.63, 3.8) is 0 Å². The average Bonchev–Trinajstić information content (AvgIpc) is 3.68. The van der Waals surface area contributed by atoms with Gasteiger partial charge in [0.15, 0.2) is 0 Å². The normalized spacial score (nSPS) is 13.2. The Morgan fingerprint density at radius 1 is 0.474 bits per heavy atom. The molecule has 0 saturated heterocycles. The van der Waals surface area contributed by atoms with E-state index in [0.717, 1.165) is 54.6 Å². The van der Waals surface area contributed by atoms with Gasteiger partial charge in [0.1, 0.15) is 0 Å². The molecule has 0 N–H and O–H groups in total. The fraction of sp³-hybridized carbons (Fsp3) is 0. The van der Waals surface area contributed by atoms with E-state index in [4.69, 9.17) is 15.0 Å². The number of hydrogen-bond donors (Lipinski definition) is 0. The predicted molar refractivity (Wildman–Crippen MR) is 242 cm³/mol. The van der Waals surface area contributed by atoms with Crippen molar-refractivity contribution in [2.75, 3.05) is 0 Å². The van der Waals surface area contributed by atoms with E-state index in [1.165, 1.54) is 21.3 Å². The van der Waals surface area contributed by atoms with Crippen LogP contribution < -0.4 is 32.1 Å². The van der Waals surface area contributed by atoms with Crippen LogP contribution in [0.3, 0.4) is 0 Å². The molecule has 1 atom stereocenters. The molecule has 0 aliphatic heterocycles. The number of hydrogen-bond acceptors (Lipinski definition) is 4. The summed E-state index contributed by atoms with van der Waals surface area (Å²) in [4.78, 5) is 15.2. The first-order valence-corrected chi connectivity index (χ1v) is 24.5. The Balaban J connectivity index is 1.20. The van der Waals surface area contributed by atoms with Gasteiger partial charge in [-0.25, -0.2) is 0 Å². The number of fused-ring (bicyclic) bond motifs is 10. The summed E-state index contributed by atoms with van der Waals surface area (Å²) < 4.78 is 18.3. The molecule has 11 rings (SSSR count). The molecule has 11 aromatic rings. The van der Waals surface area contributed by atoms with Gasteiger partial charge in [-0.3, -0.25) is 0 Å². The zero-order chi connectivity index (χ0) is 38.1. The summed E-state index contributed by atoms with van der Waals surface area (Å²) >= 11 is 3.79. The molecular weight excluding hydrogens is 801 g/mol. The van der Waals surface area contributed by atoms with Crippen LogP contribution in [0, 0.1) is 0 Å². The Bertz CT molecular complexity index is 3370. The zero-order valence-corrected chi connectivity index (χ0v) is 34.0. The molecule has 270 valence electrons. The summed E-state index contributed by atoms with van der Waals surface area (Å²) in [5, 5.41) is 11.5. The monoisotopic (exact) mass is 834 g/mol. The molecule has 1 unspecified atom stereocenters. The smallest absolute Gasteiger partial charge is 0.0615 e. The van der Waals surface area contributed by atoms with Crippen LogP contribution in [-0.4, -0.2) is 34.5 Å². The third-order valence-electron chi connectivity index (χ3n) is 11.1. The Labute approximate surface area is 336 Å². The minimum Gasteiger partial charge on any atom is -0.0615 e. The van der Waals surface area contributed by atoms with E-state index in [0.29, 0.717) is 16.2 Å². The second kappa shape index (κ2) is 13.3. The minimum absolute atomic E-state index is 0.307. The molecule has 0 radical (unpaired) electrons. The Hall–Kier alpha value is -5.99. The molecule has 0 aliphatic carbocycles. The first kappa shape index (κ1) is 34.3. The average molecular weight is 834 g/mol. The summed E-state index contributed by atoms with van der Waals surface area (Å²) in [5.41, 5.74) is 2.44. The fourth-order valence-electron chi connectivity index (χ4n) is 8.41. The van der Waals surface area contributed by atoms with Gasteiger partial charge in [0.2, 0.25) is 0 Å². The molecule has 0 aliphatic rings. The molecule has 0 fully saturated rings. The van der Waals surface area contributed by atoms with Crippen LogP contribution in [0.5, 0.6) is 0 Å². The van der Waals surface area contributed by atoms with Crippen LogP contribution >= 0.6 is 12.7 Å². The Morgan fingerprint density at radius 3 is 1.89 bits per heavy atom. The summed E-state index contributed by atoms with van der Waals surface area (Å²) in [7, 11) is -3.60. The molecule has 0 spiro atoms.